The van der Waals surface area contributed by atoms with Gasteiger partial charge in [-0.05, 0) is 25.8 Å². The van der Waals surface area contributed by atoms with Crippen LogP contribution in [0.25, 0.3) is 0 Å². The first-order valence-electron chi connectivity index (χ1n) is 6.24. The molecule has 1 aliphatic heterocycles. The summed E-state index contributed by atoms with van der Waals surface area (Å²) in [5.41, 5.74) is -0.0687. The van der Waals surface area contributed by atoms with Gasteiger partial charge in [0.15, 0.2) is 17.5 Å². The van der Waals surface area contributed by atoms with E-state index in [1.54, 1.807) is 0 Å². The number of anilines is 1. The third-order valence-corrected chi connectivity index (χ3v) is 3.15. The molecule has 0 aromatic heterocycles. The maximum atomic E-state index is 12.9. The third-order valence-electron chi connectivity index (χ3n) is 3.15. The van der Waals surface area contributed by atoms with E-state index >= 15 is 0 Å². The Morgan fingerprint density at radius 3 is 2.50 bits per heavy atom. The van der Waals surface area contributed by atoms with Gasteiger partial charge in [-0.15, -0.1) is 12.4 Å². The summed E-state index contributed by atoms with van der Waals surface area (Å²) < 4.78 is 38.6. The fraction of sp³-hybridized carbons (Fsp3) is 0.462. The highest BCUT2D eigenvalue weighted by atomic mass is 35.5. The lowest BCUT2D eigenvalue weighted by atomic mass is 10.1. The summed E-state index contributed by atoms with van der Waals surface area (Å²) in [7, 11) is 0. The molecule has 1 aromatic carbocycles. The van der Waals surface area contributed by atoms with Crippen LogP contribution >= 0.6 is 12.4 Å². The molecule has 20 heavy (non-hydrogen) atoms. The number of carbonyl (C=O) groups excluding carboxylic acids is 1. The summed E-state index contributed by atoms with van der Waals surface area (Å²) in [4.78, 5) is 11.6. The predicted octanol–water partition coefficient (Wildman–Crippen LogP) is 3.00. The van der Waals surface area contributed by atoms with Crippen LogP contribution < -0.4 is 10.6 Å². The molecule has 1 fully saturated rings. The minimum Gasteiger partial charge on any atom is -0.326 e. The van der Waals surface area contributed by atoms with Crippen molar-refractivity contribution in [3.63, 3.8) is 0 Å². The van der Waals surface area contributed by atoms with Crippen molar-refractivity contribution in [2.45, 2.75) is 31.7 Å². The van der Waals surface area contributed by atoms with E-state index in [4.69, 9.17) is 0 Å². The van der Waals surface area contributed by atoms with E-state index in [-0.39, 0.29) is 30.4 Å². The molecule has 0 saturated carbocycles. The number of amides is 1. The van der Waals surface area contributed by atoms with E-state index in [0.717, 1.165) is 31.5 Å². The van der Waals surface area contributed by atoms with Crippen molar-refractivity contribution >= 4 is 24.0 Å². The second-order valence-corrected chi connectivity index (χ2v) is 4.63. The van der Waals surface area contributed by atoms with Gasteiger partial charge < -0.3 is 10.6 Å². The van der Waals surface area contributed by atoms with Gasteiger partial charge in [-0.1, -0.05) is 0 Å². The van der Waals surface area contributed by atoms with Gasteiger partial charge in [-0.2, -0.15) is 0 Å². The predicted molar refractivity (Wildman–Crippen MR) is 72.5 cm³/mol. The lowest BCUT2D eigenvalue weighted by Gasteiger charge is -2.10. The lowest BCUT2D eigenvalue weighted by Crippen LogP contribution is -2.23. The SMILES string of the molecule is Cl.O=C(CCC1CCCN1)Nc1cc(F)c(F)c(F)c1. The fourth-order valence-electron chi connectivity index (χ4n) is 2.16. The zero-order chi connectivity index (χ0) is 13.8. The molecule has 112 valence electrons. The van der Waals surface area contributed by atoms with Crippen LogP contribution in [0.2, 0.25) is 0 Å². The first-order valence-corrected chi connectivity index (χ1v) is 6.24. The van der Waals surface area contributed by atoms with Gasteiger partial charge in [0.25, 0.3) is 0 Å². The van der Waals surface area contributed by atoms with Crippen molar-refractivity contribution in [1.29, 1.82) is 0 Å². The van der Waals surface area contributed by atoms with Crippen molar-refractivity contribution in [2.75, 3.05) is 11.9 Å². The molecule has 0 spiro atoms. The van der Waals surface area contributed by atoms with Crippen LogP contribution in [0, 0.1) is 17.5 Å². The van der Waals surface area contributed by atoms with E-state index in [2.05, 4.69) is 10.6 Å². The number of halogens is 4. The van der Waals surface area contributed by atoms with Crippen LogP contribution in [0.15, 0.2) is 12.1 Å². The molecule has 1 amide bonds. The summed E-state index contributed by atoms with van der Waals surface area (Å²) in [5, 5.41) is 5.61. The molecule has 1 unspecified atom stereocenters. The third kappa shape index (κ3) is 4.38. The number of benzene rings is 1. The zero-order valence-corrected chi connectivity index (χ0v) is 11.5. The second-order valence-electron chi connectivity index (χ2n) is 4.63. The maximum Gasteiger partial charge on any atom is 0.224 e. The Bertz CT molecular complexity index is 456. The van der Waals surface area contributed by atoms with Crippen molar-refractivity contribution in [2.24, 2.45) is 0 Å². The zero-order valence-electron chi connectivity index (χ0n) is 10.7. The van der Waals surface area contributed by atoms with Crippen molar-refractivity contribution in [1.82, 2.24) is 5.32 Å². The average Bonchev–Trinajstić information content (AvgIpc) is 2.86. The lowest BCUT2D eigenvalue weighted by molar-refractivity contribution is -0.116. The number of carbonyl (C=O) groups is 1. The standard InChI is InChI=1S/C13H15F3N2O.ClH/c14-10-6-9(7-11(15)13(10)16)18-12(19)4-3-8-2-1-5-17-8;/h6-8,17H,1-5H2,(H,18,19);1H. The highest BCUT2D eigenvalue weighted by Gasteiger charge is 2.16. The Morgan fingerprint density at radius 2 is 1.95 bits per heavy atom. The molecule has 0 aliphatic carbocycles. The molecule has 1 aliphatic rings. The maximum absolute atomic E-state index is 12.9. The van der Waals surface area contributed by atoms with Crippen LogP contribution in [-0.2, 0) is 4.79 Å². The van der Waals surface area contributed by atoms with Gasteiger partial charge in [-0.25, -0.2) is 13.2 Å². The molecular formula is C13H16ClF3N2O. The van der Waals surface area contributed by atoms with E-state index in [0.29, 0.717) is 12.5 Å². The van der Waals surface area contributed by atoms with Crippen LogP contribution in [0.1, 0.15) is 25.7 Å². The van der Waals surface area contributed by atoms with Gasteiger partial charge in [0.05, 0.1) is 0 Å². The molecule has 2 rings (SSSR count). The number of nitrogens with one attached hydrogen (secondary N) is 2. The van der Waals surface area contributed by atoms with E-state index < -0.39 is 17.5 Å². The van der Waals surface area contributed by atoms with Gasteiger partial charge in [0.2, 0.25) is 5.91 Å². The summed E-state index contributed by atoms with van der Waals surface area (Å²) in [5.74, 6) is -4.49. The quantitative estimate of drug-likeness (QED) is 0.840. The number of hydrogen-bond donors (Lipinski definition) is 2. The Morgan fingerprint density at radius 1 is 1.30 bits per heavy atom. The van der Waals surface area contributed by atoms with Gasteiger partial charge in [-0.3, -0.25) is 4.79 Å². The molecule has 1 aromatic rings. The summed E-state index contributed by atoms with van der Waals surface area (Å²) in [6, 6.07) is 1.86. The Hall–Kier alpha value is -1.27. The average molecular weight is 309 g/mol. The minimum atomic E-state index is -1.53. The van der Waals surface area contributed by atoms with Crippen molar-refractivity contribution < 1.29 is 18.0 Å². The number of rotatable bonds is 4. The molecule has 1 saturated heterocycles. The van der Waals surface area contributed by atoms with Crippen LogP contribution in [0.5, 0.6) is 0 Å². The first-order chi connectivity index (χ1) is 9.06. The van der Waals surface area contributed by atoms with Gasteiger partial charge in [0, 0.05) is 30.3 Å². The topological polar surface area (TPSA) is 41.1 Å². The molecule has 0 radical (unpaired) electrons. The molecule has 3 nitrogen and oxygen atoms in total. The summed E-state index contributed by atoms with van der Waals surface area (Å²) in [6.07, 6.45) is 3.07. The van der Waals surface area contributed by atoms with Gasteiger partial charge in [0.1, 0.15) is 0 Å². The van der Waals surface area contributed by atoms with Crippen molar-refractivity contribution in [3.05, 3.63) is 29.6 Å². The Labute approximate surface area is 121 Å². The molecule has 2 N–H and O–H groups in total. The van der Waals surface area contributed by atoms with Crippen molar-refractivity contribution in [3.8, 4) is 0 Å². The molecular weight excluding hydrogens is 293 g/mol. The molecule has 0 bridgehead atoms. The van der Waals surface area contributed by atoms with Gasteiger partial charge >= 0.3 is 0 Å². The van der Waals surface area contributed by atoms with Crippen LogP contribution in [0.3, 0.4) is 0 Å². The second kappa shape index (κ2) is 7.50. The van der Waals surface area contributed by atoms with E-state index in [1.165, 1.54) is 0 Å². The molecule has 1 atom stereocenters. The summed E-state index contributed by atoms with van der Waals surface area (Å²) in [6.45, 7) is 0.959. The largest absolute Gasteiger partial charge is 0.326 e. The smallest absolute Gasteiger partial charge is 0.224 e. The minimum absolute atomic E-state index is 0. The number of hydrogen-bond acceptors (Lipinski definition) is 2. The highest BCUT2D eigenvalue weighted by Crippen LogP contribution is 2.18. The highest BCUT2D eigenvalue weighted by molar-refractivity contribution is 5.90. The van der Waals surface area contributed by atoms with Crippen LogP contribution in [0.4, 0.5) is 18.9 Å². The van der Waals surface area contributed by atoms with E-state index in [9.17, 15) is 18.0 Å². The normalized spacial score (nSPS) is 17.6. The van der Waals surface area contributed by atoms with Crippen LogP contribution in [-0.4, -0.2) is 18.5 Å². The van der Waals surface area contributed by atoms with E-state index in [1.807, 2.05) is 0 Å². The fourth-order valence-corrected chi connectivity index (χ4v) is 2.16. The molecule has 7 heteroatoms. The monoisotopic (exact) mass is 308 g/mol. The Kier molecular flexibility index (Phi) is 6.29. The Balaban J connectivity index is 0.00000200. The molecule has 1 heterocycles. The first kappa shape index (κ1) is 16.8. The summed E-state index contributed by atoms with van der Waals surface area (Å²) >= 11 is 0.